The topological polar surface area (TPSA) is 26.0 Å². The van der Waals surface area contributed by atoms with Gasteiger partial charge in [0.05, 0.1) is 5.56 Å². The smallest absolute Gasteiger partial charge is 0.324 e. The molecule has 1 atom stereocenters. The van der Waals surface area contributed by atoms with E-state index in [1.165, 1.54) is 0 Å². The molecular weight excluding hydrogens is 234 g/mol. The lowest BCUT2D eigenvalue weighted by Crippen LogP contribution is -2.19. The molecule has 0 radical (unpaired) electrons. The Morgan fingerprint density at radius 3 is 2.29 bits per heavy atom. The Kier molecular flexibility index (Phi) is 4.14. The van der Waals surface area contributed by atoms with Crippen LogP contribution in [0.1, 0.15) is 37.4 Å². The van der Waals surface area contributed by atoms with E-state index in [1.807, 2.05) is 13.8 Å². The first-order chi connectivity index (χ1) is 7.71. The Labute approximate surface area is 97.6 Å². The quantitative estimate of drug-likeness (QED) is 0.808. The van der Waals surface area contributed by atoms with Gasteiger partial charge in [0.25, 0.3) is 0 Å². The molecule has 1 rings (SSSR count). The zero-order valence-corrected chi connectivity index (χ0v) is 9.68. The summed E-state index contributed by atoms with van der Waals surface area (Å²) in [6.45, 7) is 3.71. The fraction of sp³-hybridized carbons (Fsp3) is 0.500. The molecule has 0 heterocycles. The molecule has 0 saturated heterocycles. The van der Waals surface area contributed by atoms with Gasteiger partial charge in [-0.3, -0.25) is 0 Å². The SMILES string of the molecule is CC(C)C[C@H](N)c1cc(F)ccc1C(F)(F)F. The fourth-order valence-electron chi connectivity index (χ4n) is 1.73. The van der Waals surface area contributed by atoms with Crippen LogP contribution in [-0.4, -0.2) is 0 Å². The van der Waals surface area contributed by atoms with E-state index in [1.54, 1.807) is 0 Å². The highest BCUT2D eigenvalue weighted by molar-refractivity contribution is 5.32. The summed E-state index contributed by atoms with van der Waals surface area (Å²) in [4.78, 5) is 0. The zero-order valence-electron chi connectivity index (χ0n) is 9.68. The number of hydrogen-bond acceptors (Lipinski definition) is 1. The monoisotopic (exact) mass is 249 g/mol. The third-order valence-corrected chi connectivity index (χ3v) is 2.44. The van der Waals surface area contributed by atoms with Gasteiger partial charge in [0.15, 0.2) is 0 Å². The maximum atomic E-state index is 13.0. The molecule has 17 heavy (non-hydrogen) atoms. The van der Waals surface area contributed by atoms with Crippen molar-refractivity contribution in [1.29, 1.82) is 0 Å². The minimum Gasteiger partial charge on any atom is -0.324 e. The Morgan fingerprint density at radius 1 is 1.24 bits per heavy atom. The van der Waals surface area contributed by atoms with Gasteiger partial charge in [0.2, 0.25) is 0 Å². The van der Waals surface area contributed by atoms with Crippen LogP contribution < -0.4 is 5.73 Å². The van der Waals surface area contributed by atoms with E-state index in [4.69, 9.17) is 5.73 Å². The van der Waals surface area contributed by atoms with Crippen LogP contribution in [-0.2, 0) is 6.18 Å². The lowest BCUT2D eigenvalue weighted by molar-refractivity contribution is -0.138. The van der Waals surface area contributed by atoms with Crippen molar-refractivity contribution < 1.29 is 17.6 Å². The summed E-state index contributed by atoms with van der Waals surface area (Å²) in [6, 6.07) is 1.61. The van der Waals surface area contributed by atoms with E-state index in [-0.39, 0.29) is 11.5 Å². The summed E-state index contributed by atoms with van der Waals surface area (Å²) in [6.07, 6.45) is -4.12. The normalized spacial score (nSPS) is 14.1. The zero-order chi connectivity index (χ0) is 13.2. The first-order valence-corrected chi connectivity index (χ1v) is 5.34. The van der Waals surface area contributed by atoms with Gasteiger partial charge in [-0.15, -0.1) is 0 Å². The van der Waals surface area contributed by atoms with Crippen LogP contribution in [0.2, 0.25) is 0 Å². The van der Waals surface area contributed by atoms with Crippen molar-refractivity contribution in [2.45, 2.75) is 32.5 Å². The Balaban J connectivity index is 3.15. The Bertz CT molecular complexity index is 385. The van der Waals surface area contributed by atoms with Gasteiger partial charge in [-0.05, 0) is 36.1 Å². The van der Waals surface area contributed by atoms with Crippen LogP contribution in [0, 0.1) is 11.7 Å². The average Bonchev–Trinajstić information content (AvgIpc) is 2.14. The molecule has 0 unspecified atom stereocenters. The third kappa shape index (κ3) is 3.70. The minimum atomic E-state index is -4.50. The maximum Gasteiger partial charge on any atom is 0.416 e. The van der Waals surface area contributed by atoms with Crippen molar-refractivity contribution in [1.82, 2.24) is 0 Å². The van der Waals surface area contributed by atoms with Crippen molar-refractivity contribution in [2.75, 3.05) is 0 Å². The maximum absolute atomic E-state index is 13.0. The molecule has 2 N–H and O–H groups in total. The standard InChI is InChI=1S/C12H15F4N/c1-7(2)5-11(17)9-6-8(13)3-4-10(9)12(14,15)16/h3-4,6-7,11H,5,17H2,1-2H3/t11-/m0/s1. The van der Waals surface area contributed by atoms with Crippen LogP contribution in [0.4, 0.5) is 17.6 Å². The molecule has 0 spiro atoms. The molecule has 1 aromatic rings. The predicted octanol–water partition coefficient (Wildman–Crippen LogP) is 3.89. The minimum absolute atomic E-state index is 0.148. The second-order valence-corrected chi connectivity index (χ2v) is 4.47. The molecule has 96 valence electrons. The van der Waals surface area contributed by atoms with Gasteiger partial charge in [0.1, 0.15) is 5.82 Å². The van der Waals surface area contributed by atoms with Crippen LogP contribution in [0.25, 0.3) is 0 Å². The van der Waals surface area contributed by atoms with Crippen molar-refractivity contribution in [3.05, 3.63) is 35.1 Å². The largest absolute Gasteiger partial charge is 0.416 e. The highest BCUT2D eigenvalue weighted by Gasteiger charge is 2.34. The molecule has 0 aliphatic rings. The molecular formula is C12H15F4N. The fourth-order valence-corrected chi connectivity index (χ4v) is 1.73. The van der Waals surface area contributed by atoms with Crippen molar-refractivity contribution in [3.8, 4) is 0 Å². The van der Waals surface area contributed by atoms with Gasteiger partial charge < -0.3 is 5.73 Å². The molecule has 0 bridgehead atoms. The average molecular weight is 249 g/mol. The molecule has 1 aromatic carbocycles. The number of nitrogens with two attached hydrogens (primary N) is 1. The van der Waals surface area contributed by atoms with Gasteiger partial charge in [-0.2, -0.15) is 13.2 Å². The Morgan fingerprint density at radius 2 is 1.82 bits per heavy atom. The van der Waals surface area contributed by atoms with E-state index in [9.17, 15) is 17.6 Å². The molecule has 0 aliphatic carbocycles. The molecule has 5 heteroatoms. The molecule has 0 saturated carbocycles. The van der Waals surface area contributed by atoms with Crippen molar-refractivity contribution >= 4 is 0 Å². The Hall–Kier alpha value is -1.10. The van der Waals surface area contributed by atoms with Crippen LogP contribution in [0.5, 0.6) is 0 Å². The summed E-state index contributed by atoms with van der Waals surface area (Å²) in [7, 11) is 0. The molecule has 0 amide bonds. The summed E-state index contributed by atoms with van der Waals surface area (Å²) >= 11 is 0. The lowest BCUT2D eigenvalue weighted by Gasteiger charge is -2.19. The van der Waals surface area contributed by atoms with Crippen LogP contribution in [0.3, 0.4) is 0 Å². The number of halogens is 4. The van der Waals surface area contributed by atoms with Gasteiger partial charge in [-0.1, -0.05) is 13.8 Å². The summed E-state index contributed by atoms with van der Waals surface area (Å²) in [5, 5.41) is 0. The third-order valence-electron chi connectivity index (χ3n) is 2.44. The van der Waals surface area contributed by atoms with Gasteiger partial charge in [-0.25, -0.2) is 4.39 Å². The lowest BCUT2D eigenvalue weighted by atomic mass is 9.94. The highest BCUT2D eigenvalue weighted by Crippen LogP contribution is 2.35. The molecule has 1 nitrogen and oxygen atoms in total. The first-order valence-electron chi connectivity index (χ1n) is 5.34. The second-order valence-electron chi connectivity index (χ2n) is 4.47. The van der Waals surface area contributed by atoms with Crippen molar-refractivity contribution in [3.63, 3.8) is 0 Å². The van der Waals surface area contributed by atoms with Crippen molar-refractivity contribution in [2.24, 2.45) is 11.7 Å². The number of benzene rings is 1. The number of rotatable bonds is 3. The highest BCUT2D eigenvalue weighted by atomic mass is 19.4. The van der Waals surface area contributed by atoms with E-state index < -0.39 is 23.6 Å². The molecule has 0 aliphatic heterocycles. The molecule has 0 aromatic heterocycles. The first kappa shape index (κ1) is 14.0. The van der Waals surface area contributed by atoms with Crippen LogP contribution >= 0.6 is 0 Å². The van der Waals surface area contributed by atoms with E-state index in [0.29, 0.717) is 6.42 Å². The number of alkyl halides is 3. The number of hydrogen-bond donors (Lipinski definition) is 1. The summed E-state index contributed by atoms with van der Waals surface area (Å²) in [5.74, 6) is -0.554. The van der Waals surface area contributed by atoms with E-state index >= 15 is 0 Å². The summed E-state index contributed by atoms with van der Waals surface area (Å²) < 4.78 is 51.1. The van der Waals surface area contributed by atoms with E-state index in [2.05, 4.69) is 0 Å². The van der Waals surface area contributed by atoms with Gasteiger partial charge >= 0.3 is 6.18 Å². The van der Waals surface area contributed by atoms with Crippen LogP contribution in [0.15, 0.2) is 18.2 Å². The molecule has 0 fully saturated rings. The predicted molar refractivity (Wildman–Crippen MR) is 57.8 cm³/mol. The van der Waals surface area contributed by atoms with E-state index in [0.717, 1.165) is 18.2 Å². The second kappa shape index (κ2) is 5.04. The summed E-state index contributed by atoms with van der Waals surface area (Å²) in [5.41, 5.74) is 4.67. The van der Waals surface area contributed by atoms with Gasteiger partial charge in [0, 0.05) is 6.04 Å².